The molecule has 0 fully saturated rings. The van der Waals surface area contributed by atoms with Crippen LogP contribution in [0.1, 0.15) is 23.6 Å². The summed E-state index contributed by atoms with van der Waals surface area (Å²) in [7, 11) is 0. The van der Waals surface area contributed by atoms with Crippen LogP contribution >= 0.6 is 23.8 Å². The van der Waals surface area contributed by atoms with E-state index in [1.165, 1.54) is 0 Å². The predicted octanol–water partition coefficient (Wildman–Crippen LogP) is 7.11. The van der Waals surface area contributed by atoms with Crippen LogP contribution in [-0.2, 0) is 0 Å². The van der Waals surface area contributed by atoms with Gasteiger partial charge in [-0.3, -0.25) is 0 Å². The maximum absolute atomic E-state index is 6.64. The molecule has 5 heteroatoms. The molecule has 1 aromatic heterocycles. The molecule has 0 unspecified atom stereocenters. The van der Waals surface area contributed by atoms with Crippen molar-refractivity contribution in [3.05, 3.63) is 94.6 Å². The number of ether oxygens (including phenoxy) is 1. The predicted molar refractivity (Wildman–Crippen MR) is 130 cm³/mol. The molecule has 0 saturated heterocycles. The Morgan fingerprint density at radius 3 is 2.57 bits per heavy atom. The van der Waals surface area contributed by atoms with E-state index in [1.807, 2.05) is 86.8 Å². The zero-order valence-electron chi connectivity index (χ0n) is 16.8. The van der Waals surface area contributed by atoms with Gasteiger partial charge in [0.05, 0.1) is 16.5 Å². The fourth-order valence-corrected chi connectivity index (χ4v) is 4.14. The van der Waals surface area contributed by atoms with Gasteiger partial charge in [0.25, 0.3) is 0 Å². The number of benzene rings is 3. The fourth-order valence-electron chi connectivity index (χ4n) is 3.41. The molecule has 0 aliphatic rings. The van der Waals surface area contributed by atoms with Gasteiger partial charge in [0.15, 0.2) is 0 Å². The molecule has 0 bridgehead atoms. The summed E-state index contributed by atoms with van der Waals surface area (Å²) in [5.74, 6) is 0.562. The van der Waals surface area contributed by atoms with Gasteiger partial charge in [-0.15, -0.1) is 0 Å². The Morgan fingerprint density at radius 2 is 1.80 bits per heavy atom. The van der Waals surface area contributed by atoms with Crippen LogP contribution in [0.15, 0.2) is 72.9 Å². The van der Waals surface area contributed by atoms with E-state index in [9.17, 15) is 0 Å². The van der Waals surface area contributed by atoms with Crippen LogP contribution in [0.4, 0.5) is 11.4 Å². The molecule has 4 rings (SSSR count). The molecular formula is C25H21ClN2OS. The number of hydrogen-bond acceptors (Lipinski definition) is 4. The molecule has 0 radical (unpaired) electrons. The first-order chi connectivity index (χ1) is 14.6. The summed E-state index contributed by atoms with van der Waals surface area (Å²) in [6.45, 7) is 4.53. The second-order valence-electron chi connectivity index (χ2n) is 6.92. The molecule has 0 aliphatic heterocycles. The Hall–Kier alpha value is -2.95. The minimum atomic E-state index is 0.532. The van der Waals surface area contributed by atoms with Crippen LogP contribution in [0.25, 0.3) is 10.8 Å². The number of rotatable bonds is 6. The lowest BCUT2D eigenvalue weighted by atomic mass is 10.00. The van der Waals surface area contributed by atoms with Crippen molar-refractivity contribution >= 4 is 50.8 Å². The van der Waals surface area contributed by atoms with Gasteiger partial charge in [-0.2, -0.15) is 0 Å². The first-order valence-corrected chi connectivity index (χ1v) is 10.5. The average Bonchev–Trinajstić information content (AvgIpc) is 2.75. The van der Waals surface area contributed by atoms with Crippen molar-refractivity contribution in [2.24, 2.45) is 0 Å². The summed E-state index contributed by atoms with van der Waals surface area (Å²) in [6.07, 6.45) is 1.82. The van der Waals surface area contributed by atoms with Crippen LogP contribution in [-0.4, -0.2) is 16.5 Å². The molecule has 0 spiro atoms. The van der Waals surface area contributed by atoms with Crippen molar-refractivity contribution in [2.75, 3.05) is 11.9 Å². The number of nitrogens with one attached hydrogen (secondary N) is 1. The molecule has 30 heavy (non-hydrogen) atoms. The molecule has 150 valence electrons. The quantitative estimate of drug-likeness (QED) is 0.260. The van der Waals surface area contributed by atoms with Crippen LogP contribution in [0.3, 0.4) is 0 Å². The zero-order valence-corrected chi connectivity index (χ0v) is 18.3. The maximum Gasteiger partial charge on any atom is 0.238 e. The second kappa shape index (κ2) is 8.82. The number of thiocarbonyl (C=S) groups is 1. The van der Waals surface area contributed by atoms with Crippen molar-refractivity contribution in [1.82, 2.24) is 4.98 Å². The molecule has 1 heterocycles. The number of nitrogens with zero attached hydrogens (tertiary/aromatic N) is 1. The third-order valence-electron chi connectivity index (χ3n) is 4.92. The molecule has 0 atom stereocenters. The molecule has 3 nitrogen and oxygen atoms in total. The van der Waals surface area contributed by atoms with Crippen molar-refractivity contribution < 1.29 is 4.74 Å². The molecule has 4 aromatic rings. The monoisotopic (exact) mass is 432 g/mol. The Labute approximate surface area is 186 Å². The summed E-state index contributed by atoms with van der Waals surface area (Å²) in [6, 6.07) is 22.0. The van der Waals surface area contributed by atoms with E-state index in [2.05, 4.69) is 10.3 Å². The van der Waals surface area contributed by atoms with E-state index < -0.39 is 0 Å². The number of hydrogen-bond donors (Lipinski definition) is 1. The fraction of sp³-hybridized carbons (Fsp3) is 0.120. The highest BCUT2D eigenvalue weighted by Crippen LogP contribution is 2.35. The number of halogens is 1. The average molecular weight is 433 g/mol. The Bertz CT molecular complexity index is 1240. The third-order valence-corrected chi connectivity index (χ3v) is 5.67. The number of anilines is 2. The number of aryl methyl sites for hydroxylation is 1. The zero-order chi connectivity index (χ0) is 21.1. The van der Waals surface area contributed by atoms with Gasteiger partial charge < -0.3 is 10.1 Å². The van der Waals surface area contributed by atoms with E-state index in [1.54, 1.807) is 0 Å². The van der Waals surface area contributed by atoms with Gasteiger partial charge in [-0.1, -0.05) is 72.3 Å². The van der Waals surface area contributed by atoms with Gasteiger partial charge in [-0.25, -0.2) is 4.98 Å². The highest BCUT2D eigenvalue weighted by Gasteiger charge is 2.14. The SMILES string of the molecule is CCOc1ncc2ccccc2c1Nc1ccc(C(=S)c2ccccc2C)c(Cl)c1. The van der Waals surface area contributed by atoms with E-state index in [4.69, 9.17) is 28.6 Å². The molecule has 3 aromatic carbocycles. The van der Waals surface area contributed by atoms with Crippen molar-refractivity contribution in [3.8, 4) is 5.88 Å². The standard InChI is InChI=1S/C25H21ClN2OS/c1-3-29-25-23(20-11-7-5-9-17(20)15-27-25)28-18-12-13-21(22(26)14-18)24(30)19-10-6-4-8-16(19)2/h4-15,28H,3H2,1-2H3. The van der Waals surface area contributed by atoms with E-state index >= 15 is 0 Å². The Balaban J connectivity index is 1.70. The summed E-state index contributed by atoms with van der Waals surface area (Å²) >= 11 is 12.4. The smallest absolute Gasteiger partial charge is 0.238 e. The third kappa shape index (κ3) is 4.02. The first-order valence-electron chi connectivity index (χ1n) is 9.76. The van der Waals surface area contributed by atoms with Gasteiger partial charge >= 0.3 is 0 Å². The van der Waals surface area contributed by atoms with E-state index in [-0.39, 0.29) is 0 Å². The van der Waals surface area contributed by atoms with Crippen molar-refractivity contribution in [3.63, 3.8) is 0 Å². The van der Waals surface area contributed by atoms with E-state index in [0.717, 1.165) is 43.7 Å². The van der Waals surface area contributed by atoms with Gasteiger partial charge in [-0.05, 0) is 43.2 Å². The lowest BCUT2D eigenvalue weighted by molar-refractivity contribution is 0.329. The van der Waals surface area contributed by atoms with E-state index in [0.29, 0.717) is 17.5 Å². The molecule has 0 amide bonds. The Morgan fingerprint density at radius 1 is 1.03 bits per heavy atom. The highest BCUT2D eigenvalue weighted by atomic mass is 35.5. The van der Waals surface area contributed by atoms with Crippen LogP contribution in [0.2, 0.25) is 5.02 Å². The van der Waals surface area contributed by atoms with Gasteiger partial charge in [0.1, 0.15) is 5.69 Å². The van der Waals surface area contributed by atoms with Crippen molar-refractivity contribution in [1.29, 1.82) is 0 Å². The van der Waals surface area contributed by atoms with Gasteiger partial charge in [0.2, 0.25) is 5.88 Å². The summed E-state index contributed by atoms with van der Waals surface area (Å²) in [5, 5.41) is 6.11. The lowest BCUT2D eigenvalue weighted by Crippen LogP contribution is -2.04. The number of fused-ring (bicyclic) bond motifs is 1. The van der Waals surface area contributed by atoms with Crippen molar-refractivity contribution in [2.45, 2.75) is 13.8 Å². The highest BCUT2D eigenvalue weighted by molar-refractivity contribution is 7.81. The minimum absolute atomic E-state index is 0.532. The van der Waals surface area contributed by atoms with Crippen LogP contribution in [0, 0.1) is 6.92 Å². The molecule has 0 aliphatic carbocycles. The largest absolute Gasteiger partial charge is 0.476 e. The molecular weight excluding hydrogens is 412 g/mol. The maximum atomic E-state index is 6.64. The number of pyridine rings is 1. The molecule has 1 N–H and O–H groups in total. The summed E-state index contributed by atoms with van der Waals surface area (Å²) in [5.41, 5.74) is 4.65. The second-order valence-corrected chi connectivity index (χ2v) is 7.74. The first kappa shape index (κ1) is 20.3. The summed E-state index contributed by atoms with van der Waals surface area (Å²) < 4.78 is 5.75. The van der Waals surface area contributed by atoms with Gasteiger partial charge in [0, 0.05) is 28.2 Å². The topological polar surface area (TPSA) is 34.1 Å². The lowest BCUT2D eigenvalue weighted by Gasteiger charge is -2.16. The van der Waals surface area contributed by atoms with Crippen LogP contribution in [0.5, 0.6) is 5.88 Å². The minimum Gasteiger partial charge on any atom is -0.476 e. The Kier molecular flexibility index (Phi) is 5.98. The molecule has 0 saturated carbocycles. The number of aromatic nitrogens is 1. The summed E-state index contributed by atoms with van der Waals surface area (Å²) in [4.78, 5) is 5.21. The van der Waals surface area contributed by atoms with Crippen LogP contribution < -0.4 is 10.1 Å². The normalized spacial score (nSPS) is 10.8.